The number of ether oxygens (including phenoxy) is 2. The predicted molar refractivity (Wildman–Crippen MR) is 100 cm³/mol. The van der Waals surface area contributed by atoms with Crippen LogP contribution in [-0.4, -0.2) is 33.8 Å². The Morgan fingerprint density at radius 2 is 1.93 bits per heavy atom. The van der Waals surface area contributed by atoms with E-state index < -0.39 is 17.5 Å². The molecule has 3 rings (SSSR count). The van der Waals surface area contributed by atoms with Crippen LogP contribution in [-0.2, 0) is 0 Å². The smallest absolute Gasteiger partial charge is 0.193 e. The standard InChI is InChI=1S/C21H22O6/c1-21(2)11-15(24)19-17(27-21)10-16(26-3)18(20(19)25)14(23)9-6-12-4-7-13(22)8-5-12/h4-10,15,22,24-25H,11H2,1-3H3. The molecule has 0 aliphatic carbocycles. The quantitative estimate of drug-likeness (QED) is 0.562. The second-order valence-corrected chi connectivity index (χ2v) is 7.09. The van der Waals surface area contributed by atoms with Gasteiger partial charge in [-0.05, 0) is 37.6 Å². The number of benzene rings is 2. The van der Waals surface area contributed by atoms with Gasteiger partial charge in [-0.1, -0.05) is 18.2 Å². The molecule has 142 valence electrons. The Kier molecular flexibility index (Phi) is 4.85. The number of phenolic OH excluding ortho intramolecular Hbond substituents is 2. The average Bonchev–Trinajstić information content (AvgIpc) is 2.59. The van der Waals surface area contributed by atoms with Crippen molar-refractivity contribution in [2.24, 2.45) is 0 Å². The van der Waals surface area contributed by atoms with Crippen molar-refractivity contribution in [1.82, 2.24) is 0 Å². The van der Waals surface area contributed by atoms with Crippen LogP contribution < -0.4 is 9.47 Å². The summed E-state index contributed by atoms with van der Waals surface area (Å²) in [5.74, 6) is -0.224. The Morgan fingerprint density at radius 1 is 1.26 bits per heavy atom. The Labute approximate surface area is 157 Å². The summed E-state index contributed by atoms with van der Waals surface area (Å²) in [4.78, 5) is 12.7. The largest absolute Gasteiger partial charge is 0.508 e. The fourth-order valence-corrected chi connectivity index (χ4v) is 3.19. The van der Waals surface area contributed by atoms with Crippen molar-refractivity contribution in [3.05, 3.63) is 53.1 Å². The maximum absolute atomic E-state index is 12.7. The van der Waals surface area contributed by atoms with E-state index in [-0.39, 0.29) is 34.8 Å². The molecule has 1 aliphatic heterocycles. The first kappa shape index (κ1) is 18.8. The van der Waals surface area contributed by atoms with Crippen molar-refractivity contribution in [3.63, 3.8) is 0 Å². The summed E-state index contributed by atoms with van der Waals surface area (Å²) in [6.07, 6.45) is 2.20. The SMILES string of the molecule is COc1cc2c(c(O)c1C(=O)C=Cc1ccc(O)cc1)C(O)CC(C)(C)O2. The molecule has 27 heavy (non-hydrogen) atoms. The van der Waals surface area contributed by atoms with E-state index >= 15 is 0 Å². The van der Waals surface area contributed by atoms with Crippen LogP contribution in [0.15, 0.2) is 36.4 Å². The van der Waals surface area contributed by atoms with Crippen LogP contribution in [0.3, 0.4) is 0 Å². The molecule has 0 aromatic heterocycles. The second kappa shape index (κ2) is 6.96. The number of carbonyl (C=O) groups excluding carboxylic acids is 1. The van der Waals surface area contributed by atoms with Gasteiger partial charge in [-0.2, -0.15) is 0 Å². The van der Waals surface area contributed by atoms with Gasteiger partial charge in [0.15, 0.2) is 5.78 Å². The number of methoxy groups -OCH3 is 1. The van der Waals surface area contributed by atoms with E-state index in [0.717, 1.165) is 0 Å². The van der Waals surface area contributed by atoms with Crippen molar-refractivity contribution >= 4 is 11.9 Å². The lowest BCUT2D eigenvalue weighted by atomic mass is 9.89. The van der Waals surface area contributed by atoms with E-state index in [4.69, 9.17) is 9.47 Å². The van der Waals surface area contributed by atoms with Crippen LogP contribution in [0.1, 0.15) is 47.9 Å². The van der Waals surface area contributed by atoms with Gasteiger partial charge < -0.3 is 24.8 Å². The van der Waals surface area contributed by atoms with Gasteiger partial charge in [0.05, 0.1) is 18.8 Å². The van der Waals surface area contributed by atoms with Gasteiger partial charge in [-0.15, -0.1) is 0 Å². The minimum absolute atomic E-state index is 0.0337. The number of aromatic hydroxyl groups is 2. The van der Waals surface area contributed by atoms with E-state index in [2.05, 4.69) is 0 Å². The summed E-state index contributed by atoms with van der Waals surface area (Å²) >= 11 is 0. The molecule has 0 saturated carbocycles. The first-order valence-corrected chi connectivity index (χ1v) is 8.54. The summed E-state index contributed by atoms with van der Waals surface area (Å²) in [6, 6.07) is 7.85. The summed E-state index contributed by atoms with van der Waals surface area (Å²) < 4.78 is 11.1. The molecular formula is C21H22O6. The molecule has 1 aliphatic rings. The third-order valence-electron chi connectivity index (χ3n) is 4.46. The third kappa shape index (κ3) is 3.75. The number of phenols is 2. The molecule has 6 nitrogen and oxygen atoms in total. The maximum Gasteiger partial charge on any atom is 0.193 e. The lowest BCUT2D eigenvalue weighted by Crippen LogP contribution is -2.35. The van der Waals surface area contributed by atoms with Crippen LogP contribution in [0.4, 0.5) is 0 Å². The minimum atomic E-state index is -0.956. The molecule has 0 fully saturated rings. The number of hydrogen-bond donors (Lipinski definition) is 3. The molecule has 0 spiro atoms. The molecule has 1 atom stereocenters. The van der Waals surface area contributed by atoms with Gasteiger partial charge >= 0.3 is 0 Å². The van der Waals surface area contributed by atoms with Gasteiger partial charge in [-0.25, -0.2) is 0 Å². The highest BCUT2D eigenvalue weighted by molar-refractivity contribution is 6.11. The maximum atomic E-state index is 12.7. The molecule has 1 heterocycles. The lowest BCUT2D eigenvalue weighted by molar-refractivity contribution is 0.00980. The van der Waals surface area contributed by atoms with E-state index in [9.17, 15) is 20.1 Å². The average molecular weight is 370 g/mol. The normalized spacial score (nSPS) is 18.0. The fourth-order valence-electron chi connectivity index (χ4n) is 3.19. The number of aliphatic hydroxyl groups is 1. The zero-order valence-corrected chi connectivity index (χ0v) is 15.4. The molecule has 0 saturated heterocycles. The van der Waals surface area contributed by atoms with Crippen LogP contribution in [0, 0.1) is 0 Å². The highest BCUT2D eigenvalue weighted by Crippen LogP contribution is 2.48. The van der Waals surface area contributed by atoms with Gasteiger partial charge in [0.1, 0.15) is 34.2 Å². The lowest BCUT2D eigenvalue weighted by Gasteiger charge is -2.36. The number of fused-ring (bicyclic) bond motifs is 1. The van der Waals surface area contributed by atoms with Crippen LogP contribution in [0.5, 0.6) is 23.0 Å². The topological polar surface area (TPSA) is 96.2 Å². The van der Waals surface area contributed by atoms with E-state index in [1.54, 1.807) is 18.2 Å². The number of hydrogen-bond acceptors (Lipinski definition) is 6. The molecule has 2 aromatic carbocycles. The first-order chi connectivity index (χ1) is 12.7. The Hall–Kier alpha value is -2.99. The van der Waals surface area contributed by atoms with Crippen LogP contribution in [0.2, 0.25) is 0 Å². The Bertz CT molecular complexity index is 896. The monoisotopic (exact) mass is 370 g/mol. The van der Waals surface area contributed by atoms with Crippen molar-refractivity contribution in [2.45, 2.75) is 32.0 Å². The Morgan fingerprint density at radius 3 is 2.56 bits per heavy atom. The van der Waals surface area contributed by atoms with Crippen molar-refractivity contribution < 1.29 is 29.6 Å². The zero-order chi connectivity index (χ0) is 19.8. The predicted octanol–water partition coefficient (Wildman–Crippen LogP) is 3.60. The third-order valence-corrected chi connectivity index (χ3v) is 4.46. The summed E-state index contributed by atoms with van der Waals surface area (Å²) in [5.41, 5.74) is 0.265. The van der Waals surface area contributed by atoms with Gasteiger partial charge in [0.2, 0.25) is 0 Å². The molecule has 0 amide bonds. The number of aliphatic hydroxyl groups excluding tert-OH is 1. The van der Waals surface area contributed by atoms with Gasteiger partial charge in [0, 0.05) is 12.5 Å². The molecule has 2 aromatic rings. The van der Waals surface area contributed by atoms with Crippen LogP contribution >= 0.6 is 0 Å². The van der Waals surface area contributed by atoms with Crippen molar-refractivity contribution in [3.8, 4) is 23.0 Å². The second-order valence-electron chi connectivity index (χ2n) is 7.09. The van der Waals surface area contributed by atoms with Crippen molar-refractivity contribution in [1.29, 1.82) is 0 Å². The van der Waals surface area contributed by atoms with Gasteiger partial charge in [0.25, 0.3) is 0 Å². The van der Waals surface area contributed by atoms with Gasteiger partial charge in [-0.3, -0.25) is 4.79 Å². The minimum Gasteiger partial charge on any atom is -0.508 e. The summed E-state index contributed by atoms with van der Waals surface area (Å²) in [7, 11) is 1.39. The number of ketones is 1. The first-order valence-electron chi connectivity index (χ1n) is 8.54. The zero-order valence-electron chi connectivity index (χ0n) is 15.4. The Balaban J connectivity index is 2.01. The highest BCUT2D eigenvalue weighted by atomic mass is 16.5. The molecule has 6 heteroatoms. The molecule has 1 unspecified atom stereocenters. The number of rotatable bonds is 4. The molecule has 3 N–H and O–H groups in total. The van der Waals surface area contributed by atoms with Crippen molar-refractivity contribution in [2.75, 3.05) is 7.11 Å². The number of allylic oxidation sites excluding steroid dienone is 1. The van der Waals surface area contributed by atoms with E-state index in [1.807, 2.05) is 13.8 Å². The van der Waals surface area contributed by atoms with E-state index in [0.29, 0.717) is 11.3 Å². The molecule has 0 bridgehead atoms. The molecule has 0 radical (unpaired) electrons. The number of carbonyl (C=O) groups is 1. The van der Waals surface area contributed by atoms with E-state index in [1.165, 1.54) is 31.4 Å². The highest BCUT2D eigenvalue weighted by Gasteiger charge is 2.37. The summed E-state index contributed by atoms with van der Waals surface area (Å²) in [5, 5.41) is 30.4. The van der Waals surface area contributed by atoms with Crippen LogP contribution in [0.25, 0.3) is 6.08 Å². The summed E-state index contributed by atoms with van der Waals surface area (Å²) in [6.45, 7) is 3.67. The molecular weight excluding hydrogens is 348 g/mol. The fraction of sp³-hybridized carbons (Fsp3) is 0.286.